The molecule has 2 atom stereocenters. The molecule has 2 aliphatic rings. The summed E-state index contributed by atoms with van der Waals surface area (Å²) in [4.78, 5) is 19.9. The lowest BCUT2D eigenvalue weighted by molar-refractivity contribution is -0.122. The normalized spacial score (nSPS) is 24.4. The zero-order valence-corrected chi connectivity index (χ0v) is 14.6. The number of hydrogen-bond acceptors (Lipinski definition) is 6. The van der Waals surface area contributed by atoms with Crippen LogP contribution in [0.1, 0.15) is 29.3 Å². The van der Waals surface area contributed by atoms with Crippen molar-refractivity contribution in [2.24, 2.45) is 18.9 Å². The Bertz CT molecular complexity index is 695. The van der Waals surface area contributed by atoms with Crippen LogP contribution < -0.4 is 5.32 Å². The molecule has 0 aromatic carbocycles. The van der Waals surface area contributed by atoms with Crippen LogP contribution in [0.5, 0.6) is 0 Å². The molecule has 128 valence electrons. The first kappa shape index (κ1) is 15.7. The van der Waals surface area contributed by atoms with Gasteiger partial charge in [0, 0.05) is 57.0 Å². The minimum atomic E-state index is 0.226. The predicted molar refractivity (Wildman–Crippen MR) is 90.4 cm³/mol. The summed E-state index contributed by atoms with van der Waals surface area (Å²) >= 11 is 1.45. The van der Waals surface area contributed by atoms with Gasteiger partial charge in [0.05, 0.1) is 17.4 Å². The van der Waals surface area contributed by atoms with Crippen molar-refractivity contribution in [3.05, 3.63) is 29.3 Å². The van der Waals surface area contributed by atoms with Gasteiger partial charge in [0.15, 0.2) is 0 Å². The first-order chi connectivity index (χ1) is 11.7. The molecule has 1 aliphatic heterocycles. The number of rotatable bonds is 6. The summed E-state index contributed by atoms with van der Waals surface area (Å²) in [6, 6.07) is 0. The molecule has 0 bridgehead atoms. The van der Waals surface area contributed by atoms with Crippen LogP contribution in [-0.4, -0.2) is 49.6 Å². The van der Waals surface area contributed by atoms with Gasteiger partial charge in [-0.15, -0.1) is 5.10 Å². The van der Waals surface area contributed by atoms with Crippen LogP contribution in [0.15, 0.2) is 18.7 Å². The Morgan fingerprint density at radius 3 is 2.92 bits per heavy atom. The summed E-state index contributed by atoms with van der Waals surface area (Å²) in [5, 5.41) is 7.08. The fraction of sp³-hybridized carbons (Fsp3) is 0.625. The summed E-state index contributed by atoms with van der Waals surface area (Å²) in [6.45, 7) is 3.56. The molecule has 1 saturated carbocycles. The maximum atomic E-state index is 12.0. The summed E-state index contributed by atoms with van der Waals surface area (Å²) in [7, 11) is 2.04. The van der Waals surface area contributed by atoms with E-state index in [1.807, 2.05) is 25.8 Å². The minimum absolute atomic E-state index is 0.226. The number of hydrogen-bond donors (Lipinski definition) is 1. The largest absolute Gasteiger partial charge is 0.356 e. The van der Waals surface area contributed by atoms with E-state index in [0.717, 1.165) is 39.0 Å². The number of nitrogens with one attached hydrogen (secondary N) is 1. The van der Waals surface area contributed by atoms with Crippen molar-refractivity contribution < 1.29 is 4.79 Å². The lowest BCUT2D eigenvalue weighted by atomic mass is 9.93. The second kappa shape index (κ2) is 6.60. The van der Waals surface area contributed by atoms with E-state index in [-0.39, 0.29) is 11.8 Å². The second-order valence-electron chi connectivity index (χ2n) is 6.89. The summed E-state index contributed by atoms with van der Waals surface area (Å²) in [5.74, 6) is 1.28. The van der Waals surface area contributed by atoms with E-state index < -0.39 is 0 Å². The third-order valence-electron chi connectivity index (χ3n) is 5.02. The molecule has 0 spiro atoms. The molecule has 7 nitrogen and oxygen atoms in total. The van der Waals surface area contributed by atoms with Gasteiger partial charge in [0.25, 0.3) is 0 Å². The Kier molecular flexibility index (Phi) is 4.32. The molecule has 1 N–H and O–H groups in total. The molecule has 0 unspecified atom stereocenters. The van der Waals surface area contributed by atoms with Gasteiger partial charge in [-0.05, 0) is 30.3 Å². The number of aromatic nitrogens is 4. The monoisotopic (exact) mass is 346 g/mol. The third-order valence-corrected chi connectivity index (χ3v) is 5.67. The van der Waals surface area contributed by atoms with E-state index >= 15 is 0 Å². The Hall–Kier alpha value is -1.80. The highest BCUT2D eigenvalue weighted by Gasteiger charge is 2.37. The lowest BCUT2D eigenvalue weighted by Crippen LogP contribution is -2.33. The fourth-order valence-electron chi connectivity index (χ4n) is 3.56. The van der Waals surface area contributed by atoms with Gasteiger partial charge in [-0.3, -0.25) is 9.69 Å². The van der Waals surface area contributed by atoms with Crippen LogP contribution in [0.2, 0.25) is 0 Å². The van der Waals surface area contributed by atoms with Crippen LogP contribution in [0.25, 0.3) is 0 Å². The maximum Gasteiger partial charge on any atom is 0.223 e. The molecule has 1 amide bonds. The Morgan fingerprint density at radius 1 is 1.38 bits per heavy atom. The zero-order chi connectivity index (χ0) is 16.5. The van der Waals surface area contributed by atoms with Crippen LogP contribution in [0.3, 0.4) is 0 Å². The van der Waals surface area contributed by atoms with Crippen molar-refractivity contribution in [2.45, 2.75) is 25.3 Å². The molecule has 2 fully saturated rings. The number of imidazole rings is 1. The van der Waals surface area contributed by atoms with E-state index in [0.29, 0.717) is 11.8 Å². The number of carbonyl (C=O) groups excluding carboxylic acids is 1. The third kappa shape index (κ3) is 3.34. The van der Waals surface area contributed by atoms with Gasteiger partial charge in [-0.25, -0.2) is 4.98 Å². The Morgan fingerprint density at radius 2 is 2.25 bits per heavy atom. The molecule has 0 radical (unpaired) electrons. The van der Waals surface area contributed by atoms with Crippen molar-refractivity contribution in [3.63, 3.8) is 0 Å². The minimum Gasteiger partial charge on any atom is -0.356 e. The number of carbonyl (C=O) groups is 1. The van der Waals surface area contributed by atoms with Crippen molar-refractivity contribution in [1.29, 1.82) is 0 Å². The molecule has 1 saturated heterocycles. The number of aryl methyl sites for hydroxylation is 1. The molecule has 2 aromatic heterocycles. The predicted octanol–water partition coefficient (Wildman–Crippen LogP) is 1.01. The lowest BCUT2D eigenvalue weighted by Gasteiger charge is -2.19. The average Bonchev–Trinajstić information content (AvgIpc) is 2.94. The molecular formula is C16H22N6OS. The standard InChI is InChI=1S/C16H22N6OS/c1-21-10-17-6-15(21)14-9-22(8-13-5-19-20-24-13)7-12(14)4-18-16(23)11-2-3-11/h5-6,10-12,14H,2-4,7-9H2,1H3,(H,18,23)/t12-,14-/m1/s1. The smallest absolute Gasteiger partial charge is 0.223 e. The van der Waals surface area contributed by atoms with Crippen LogP contribution in [0, 0.1) is 11.8 Å². The van der Waals surface area contributed by atoms with Crippen molar-refractivity contribution in [2.75, 3.05) is 19.6 Å². The highest BCUT2D eigenvalue weighted by molar-refractivity contribution is 7.05. The number of amides is 1. The van der Waals surface area contributed by atoms with Gasteiger partial charge in [-0.2, -0.15) is 0 Å². The van der Waals surface area contributed by atoms with E-state index in [9.17, 15) is 4.79 Å². The van der Waals surface area contributed by atoms with Crippen molar-refractivity contribution in [3.8, 4) is 0 Å². The molecule has 24 heavy (non-hydrogen) atoms. The van der Waals surface area contributed by atoms with Gasteiger partial charge in [0.2, 0.25) is 5.91 Å². The maximum absolute atomic E-state index is 12.0. The van der Waals surface area contributed by atoms with E-state index in [4.69, 9.17) is 0 Å². The van der Waals surface area contributed by atoms with E-state index in [2.05, 4.69) is 29.4 Å². The highest BCUT2D eigenvalue weighted by atomic mass is 32.1. The van der Waals surface area contributed by atoms with Gasteiger partial charge >= 0.3 is 0 Å². The molecule has 4 rings (SSSR count). The molecule has 3 heterocycles. The number of nitrogens with zero attached hydrogens (tertiary/aromatic N) is 5. The van der Waals surface area contributed by atoms with Gasteiger partial charge in [0.1, 0.15) is 0 Å². The summed E-state index contributed by atoms with van der Waals surface area (Å²) < 4.78 is 6.04. The Balaban J connectivity index is 1.45. The highest BCUT2D eigenvalue weighted by Crippen LogP contribution is 2.34. The van der Waals surface area contributed by atoms with Gasteiger partial charge < -0.3 is 9.88 Å². The second-order valence-corrected chi connectivity index (χ2v) is 7.76. The van der Waals surface area contributed by atoms with Crippen molar-refractivity contribution in [1.82, 2.24) is 29.4 Å². The van der Waals surface area contributed by atoms with Crippen LogP contribution in [-0.2, 0) is 18.4 Å². The van der Waals surface area contributed by atoms with Crippen LogP contribution in [0.4, 0.5) is 0 Å². The zero-order valence-electron chi connectivity index (χ0n) is 13.8. The fourth-order valence-corrected chi connectivity index (χ4v) is 4.09. The van der Waals surface area contributed by atoms with E-state index in [1.54, 1.807) is 0 Å². The molecular weight excluding hydrogens is 324 g/mol. The SMILES string of the molecule is Cn1cncc1[C@@H]1CN(Cc2cnns2)C[C@H]1CNC(=O)C1CC1. The summed E-state index contributed by atoms with van der Waals surface area (Å²) in [5.41, 5.74) is 1.24. The molecule has 8 heteroatoms. The average molecular weight is 346 g/mol. The quantitative estimate of drug-likeness (QED) is 0.845. The topological polar surface area (TPSA) is 75.9 Å². The summed E-state index contributed by atoms with van der Waals surface area (Å²) in [6.07, 6.45) is 7.74. The molecule has 2 aromatic rings. The van der Waals surface area contributed by atoms with E-state index in [1.165, 1.54) is 22.1 Å². The number of likely N-dealkylation sites (tertiary alicyclic amines) is 1. The van der Waals surface area contributed by atoms with Gasteiger partial charge in [-0.1, -0.05) is 4.49 Å². The Labute approximate surface area is 145 Å². The first-order valence-corrected chi connectivity index (χ1v) is 9.20. The first-order valence-electron chi connectivity index (χ1n) is 8.43. The van der Waals surface area contributed by atoms with Crippen LogP contribution >= 0.6 is 11.5 Å². The molecule has 1 aliphatic carbocycles. The van der Waals surface area contributed by atoms with Crippen molar-refractivity contribution >= 4 is 17.4 Å².